The van der Waals surface area contributed by atoms with E-state index in [1.165, 1.54) is 0 Å². The lowest BCUT2D eigenvalue weighted by Gasteiger charge is -2.40. The topological polar surface area (TPSA) is 74.2 Å². The van der Waals surface area contributed by atoms with Crippen LogP contribution in [0, 0.1) is 5.41 Å². The van der Waals surface area contributed by atoms with E-state index >= 15 is 0 Å². The molecule has 6 heteroatoms. The summed E-state index contributed by atoms with van der Waals surface area (Å²) in [6, 6.07) is 0. The van der Waals surface area contributed by atoms with Gasteiger partial charge in [0.25, 0.3) is 0 Å². The van der Waals surface area contributed by atoms with Gasteiger partial charge in [-0.15, -0.1) is 0 Å². The highest BCUT2D eigenvalue weighted by Gasteiger charge is 2.39. The molecule has 0 aromatic rings. The van der Waals surface area contributed by atoms with Crippen LogP contribution in [0.2, 0.25) is 0 Å². The predicted octanol–water partition coefficient (Wildman–Crippen LogP) is 4.42. The quantitative estimate of drug-likeness (QED) is 0.719. The maximum atomic E-state index is 12.2. The molecule has 2 saturated heterocycles. The summed E-state index contributed by atoms with van der Waals surface area (Å²) < 4.78 is 22.9. The molecule has 6 unspecified atom stereocenters. The van der Waals surface area contributed by atoms with E-state index in [0.717, 1.165) is 12.8 Å². The third-order valence-corrected chi connectivity index (χ3v) is 4.22. The van der Waals surface area contributed by atoms with E-state index < -0.39 is 30.2 Å². The summed E-state index contributed by atoms with van der Waals surface area (Å²) in [4.78, 5) is 12.2. The zero-order valence-corrected chi connectivity index (χ0v) is 18.8. The van der Waals surface area contributed by atoms with Crippen molar-refractivity contribution in [3.63, 3.8) is 0 Å². The Morgan fingerprint density at radius 3 is 1.89 bits per heavy atom. The Kier molecular flexibility index (Phi) is 12.4. The molecule has 27 heavy (non-hydrogen) atoms. The highest BCUT2D eigenvalue weighted by atomic mass is 16.7. The number of carbonyl (C=O) groups is 1. The van der Waals surface area contributed by atoms with Crippen molar-refractivity contribution in [1.82, 2.24) is 0 Å². The Morgan fingerprint density at radius 1 is 0.889 bits per heavy atom. The monoisotopic (exact) mass is 390 g/mol. The second-order valence-electron chi connectivity index (χ2n) is 7.68. The highest BCUT2D eigenvalue weighted by molar-refractivity contribution is 5.75. The van der Waals surface area contributed by atoms with Crippen molar-refractivity contribution in [3.8, 4) is 0 Å². The van der Waals surface area contributed by atoms with Gasteiger partial charge in [0, 0.05) is 0 Å². The molecule has 6 nitrogen and oxygen atoms in total. The van der Waals surface area contributed by atoms with E-state index in [-0.39, 0.29) is 18.2 Å². The first-order valence-electron chi connectivity index (χ1n) is 10.5. The van der Waals surface area contributed by atoms with Crippen LogP contribution in [0.1, 0.15) is 88.0 Å². The lowest BCUT2D eigenvalue weighted by molar-refractivity contribution is -0.308. The lowest BCUT2D eigenvalue weighted by atomic mass is 9.97. The first-order valence-corrected chi connectivity index (χ1v) is 10.5. The summed E-state index contributed by atoms with van der Waals surface area (Å²) >= 11 is 0. The van der Waals surface area contributed by atoms with Crippen LogP contribution >= 0.6 is 0 Å². The molecule has 0 bridgehead atoms. The number of hydrogen-bond donors (Lipinski definition) is 1. The summed E-state index contributed by atoms with van der Waals surface area (Å²) in [5, 5.41) is 10.1. The fraction of sp³-hybridized carbons (Fsp3) is 0.952. The van der Waals surface area contributed by atoms with Crippen LogP contribution in [0.4, 0.5) is 0 Å². The van der Waals surface area contributed by atoms with Gasteiger partial charge in [-0.1, -0.05) is 27.7 Å². The molecule has 2 rings (SSSR count). The molecule has 2 aliphatic rings. The van der Waals surface area contributed by atoms with Gasteiger partial charge in [-0.25, -0.2) is 0 Å². The van der Waals surface area contributed by atoms with Crippen molar-refractivity contribution in [2.75, 3.05) is 0 Å². The van der Waals surface area contributed by atoms with Gasteiger partial charge >= 0.3 is 5.97 Å². The average Bonchev–Trinajstić information content (AvgIpc) is 2.63. The van der Waals surface area contributed by atoms with E-state index in [1.807, 2.05) is 41.5 Å². The Bertz CT molecular complexity index is 406. The second-order valence-corrected chi connectivity index (χ2v) is 7.68. The predicted molar refractivity (Wildman–Crippen MR) is 106 cm³/mol. The van der Waals surface area contributed by atoms with Crippen LogP contribution in [-0.4, -0.2) is 48.1 Å². The Morgan fingerprint density at radius 2 is 1.37 bits per heavy atom. The normalized spacial score (nSPS) is 33.7. The fourth-order valence-corrected chi connectivity index (χ4v) is 2.66. The molecule has 0 aromatic heterocycles. The van der Waals surface area contributed by atoms with Crippen molar-refractivity contribution in [2.45, 2.75) is 125 Å². The number of rotatable bonds is 3. The third kappa shape index (κ3) is 8.90. The average molecular weight is 391 g/mol. The van der Waals surface area contributed by atoms with Gasteiger partial charge in [-0.05, 0) is 60.3 Å². The SMILES string of the molecule is CC.CC.CC1CCC(O)C(OC2CCC(C)OC2OC(=O)C(C)(C)C)O1. The number of carbonyl (C=O) groups excluding carboxylic acids is 1. The van der Waals surface area contributed by atoms with Gasteiger partial charge < -0.3 is 24.1 Å². The third-order valence-electron chi connectivity index (χ3n) is 4.22. The molecule has 2 fully saturated rings. The molecule has 1 N–H and O–H groups in total. The molecule has 162 valence electrons. The van der Waals surface area contributed by atoms with Crippen molar-refractivity contribution in [3.05, 3.63) is 0 Å². The molecule has 2 heterocycles. The summed E-state index contributed by atoms with van der Waals surface area (Å²) in [6.07, 6.45) is 0.453. The first-order chi connectivity index (χ1) is 12.7. The molecule has 0 saturated carbocycles. The van der Waals surface area contributed by atoms with Crippen LogP contribution in [0.15, 0.2) is 0 Å². The van der Waals surface area contributed by atoms with Crippen molar-refractivity contribution in [2.24, 2.45) is 5.41 Å². The largest absolute Gasteiger partial charge is 0.432 e. The van der Waals surface area contributed by atoms with E-state index in [4.69, 9.17) is 18.9 Å². The van der Waals surface area contributed by atoms with Crippen LogP contribution < -0.4 is 0 Å². The van der Waals surface area contributed by atoms with Gasteiger partial charge in [0.1, 0.15) is 12.2 Å². The van der Waals surface area contributed by atoms with Gasteiger partial charge in [0.2, 0.25) is 6.29 Å². The van der Waals surface area contributed by atoms with Gasteiger partial charge in [0.15, 0.2) is 6.29 Å². The smallest absolute Gasteiger partial charge is 0.313 e. The zero-order valence-electron chi connectivity index (χ0n) is 18.8. The number of ether oxygens (including phenoxy) is 4. The fourth-order valence-electron chi connectivity index (χ4n) is 2.66. The molecule has 0 amide bonds. The van der Waals surface area contributed by atoms with Gasteiger partial charge in [-0.2, -0.15) is 0 Å². The van der Waals surface area contributed by atoms with Crippen molar-refractivity contribution < 1.29 is 28.8 Å². The minimum absolute atomic E-state index is 0.00346. The molecule has 0 radical (unpaired) electrons. The Labute approximate surface area is 165 Å². The summed E-state index contributed by atoms with van der Waals surface area (Å²) in [5.41, 5.74) is -0.607. The van der Waals surface area contributed by atoms with E-state index in [0.29, 0.717) is 12.8 Å². The maximum absolute atomic E-state index is 12.2. The molecule has 2 aliphatic heterocycles. The molecule has 0 spiro atoms. The second kappa shape index (κ2) is 12.7. The molecule has 0 aliphatic carbocycles. The zero-order chi connectivity index (χ0) is 21.2. The Hall–Kier alpha value is -0.690. The minimum Gasteiger partial charge on any atom is -0.432 e. The van der Waals surface area contributed by atoms with E-state index in [2.05, 4.69) is 0 Å². The first kappa shape index (κ1) is 26.3. The molecular formula is C21H42O6. The maximum Gasteiger partial charge on any atom is 0.313 e. The number of hydrogen-bond acceptors (Lipinski definition) is 6. The number of aliphatic hydroxyl groups is 1. The molecule has 6 atom stereocenters. The lowest BCUT2D eigenvalue weighted by Crippen LogP contribution is -2.49. The highest BCUT2D eigenvalue weighted by Crippen LogP contribution is 2.29. The molecular weight excluding hydrogens is 348 g/mol. The van der Waals surface area contributed by atoms with Crippen LogP contribution in [-0.2, 0) is 23.7 Å². The standard InChI is InChI=1S/C17H30O6.2C2H6/c1-10-6-8-12(18)14(20-10)22-13-9-7-11(2)21-15(13)23-16(19)17(3,4)5;2*1-2/h10-15,18H,6-9H2,1-5H3;2*1-2H3. The van der Waals surface area contributed by atoms with Crippen molar-refractivity contribution >= 4 is 5.97 Å². The van der Waals surface area contributed by atoms with E-state index in [9.17, 15) is 9.90 Å². The number of esters is 1. The summed E-state index contributed by atoms with van der Waals surface area (Å²) in [6.45, 7) is 17.3. The van der Waals surface area contributed by atoms with Crippen LogP contribution in [0.25, 0.3) is 0 Å². The van der Waals surface area contributed by atoms with Gasteiger partial charge in [0.05, 0.1) is 17.6 Å². The minimum atomic E-state index is -0.765. The van der Waals surface area contributed by atoms with Gasteiger partial charge in [-0.3, -0.25) is 4.79 Å². The number of aliphatic hydroxyl groups excluding tert-OH is 1. The van der Waals surface area contributed by atoms with Crippen LogP contribution in [0.5, 0.6) is 0 Å². The summed E-state index contributed by atoms with van der Waals surface area (Å²) in [7, 11) is 0. The van der Waals surface area contributed by atoms with E-state index in [1.54, 1.807) is 20.8 Å². The van der Waals surface area contributed by atoms with Crippen LogP contribution in [0.3, 0.4) is 0 Å². The summed E-state index contributed by atoms with van der Waals surface area (Å²) in [5.74, 6) is -0.330. The Balaban J connectivity index is 0.00000158. The van der Waals surface area contributed by atoms with Crippen molar-refractivity contribution in [1.29, 1.82) is 0 Å². The molecule has 0 aromatic carbocycles.